The number of carbonyl (C=O) groups excluding carboxylic acids is 2. The van der Waals surface area contributed by atoms with Crippen LogP contribution in [-0.4, -0.2) is 47.4 Å². The minimum atomic E-state index is -0.253. The van der Waals surface area contributed by atoms with Gasteiger partial charge in [-0.1, -0.05) is 6.07 Å². The molecule has 0 spiro atoms. The minimum absolute atomic E-state index is 0.0848. The summed E-state index contributed by atoms with van der Waals surface area (Å²) in [5.74, 6) is -0.0848. The zero-order valence-corrected chi connectivity index (χ0v) is 11.5. The fourth-order valence-electron chi connectivity index (χ4n) is 2.33. The molecule has 1 aliphatic carbocycles. The van der Waals surface area contributed by atoms with E-state index in [9.17, 15) is 9.59 Å². The fraction of sp³-hybridized carbons (Fsp3) is 0.538. The van der Waals surface area contributed by atoms with Gasteiger partial charge in [0, 0.05) is 30.6 Å². The highest BCUT2D eigenvalue weighted by atomic mass is 32.1. The molecule has 1 N–H and O–H groups in total. The van der Waals surface area contributed by atoms with Gasteiger partial charge in [-0.3, -0.25) is 14.6 Å². The van der Waals surface area contributed by atoms with Gasteiger partial charge < -0.3 is 5.32 Å². The molecule has 1 aromatic rings. The van der Waals surface area contributed by atoms with Crippen molar-refractivity contribution in [3.8, 4) is 0 Å². The number of amides is 3. The third-order valence-corrected chi connectivity index (χ3v) is 4.36. The van der Waals surface area contributed by atoms with Gasteiger partial charge in [0.25, 0.3) is 0 Å². The number of nitrogens with one attached hydrogen (secondary N) is 1. The van der Waals surface area contributed by atoms with Crippen LogP contribution in [0.2, 0.25) is 0 Å². The van der Waals surface area contributed by atoms with Crippen LogP contribution in [0.3, 0.4) is 0 Å². The predicted molar refractivity (Wildman–Crippen MR) is 72.9 cm³/mol. The Balaban J connectivity index is 1.61. The number of carbonyl (C=O) groups is 2. The smallest absolute Gasteiger partial charge is 0.324 e. The number of urea groups is 1. The van der Waals surface area contributed by atoms with E-state index in [1.54, 1.807) is 11.3 Å². The van der Waals surface area contributed by atoms with E-state index in [1.807, 2.05) is 6.07 Å². The molecule has 2 heterocycles. The number of hydrogen-bond acceptors (Lipinski definition) is 4. The Hall–Kier alpha value is -1.40. The first-order chi connectivity index (χ1) is 9.24. The lowest BCUT2D eigenvalue weighted by Gasteiger charge is -2.22. The molecule has 19 heavy (non-hydrogen) atoms. The zero-order chi connectivity index (χ0) is 13.2. The molecule has 2 aliphatic rings. The van der Waals surface area contributed by atoms with E-state index in [2.05, 4.69) is 21.7 Å². The van der Waals surface area contributed by atoms with Crippen molar-refractivity contribution in [1.29, 1.82) is 0 Å². The van der Waals surface area contributed by atoms with Crippen LogP contribution < -0.4 is 5.32 Å². The van der Waals surface area contributed by atoms with Crippen LogP contribution in [0.15, 0.2) is 17.5 Å². The molecule has 0 bridgehead atoms. The van der Waals surface area contributed by atoms with Crippen LogP contribution in [0.5, 0.6) is 0 Å². The van der Waals surface area contributed by atoms with Crippen molar-refractivity contribution in [2.75, 3.05) is 19.6 Å². The van der Waals surface area contributed by atoms with E-state index in [4.69, 9.17) is 0 Å². The Morgan fingerprint density at radius 2 is 2.37 bits per heavy atom. The van der Waals surface area contributed by atoms with Crippen molar-refractivity contribution in [3.63, 3.8) is 0 Å². The van der Waals surface area contributed by atoms with Gasteiger partial charge in [-0.15, -0.1) is 11.3 Å². The molecule has 0 atom stereocenters. The Labute approximate surface area is 116 Å². The lowest BCUT2D eigenvalue weighted by molar-refractivity contribution is -0.129. The minimum Gasteiger partial charge on any atom is -0.336 e. The Bertz CT molecular complexity index is 470. The highest BCUT2D eigenvalue weighted by Gasteiger charge is 2.33. The third-order valence-electron chi connectivity index (χ3n) is 3.50. The molecule has 2 fully saturated rings. The third kappa shape index (κ3) is 2.96. The highest BCUT2D eigenvalue weighted by Crippen LogP contribution is 2.29. The van der Waals surface area contributed by atoms with Crippen molar-refractivity contribution < 1.29 is 9.59 Å². The van der Waals surface area contributed by atoms with Crippen LogP contribution in [0.25, 0.3) is 0 Å². The van der Waals surface area contributed by atoms with Crippen LogP contribution >= 0.6 is 11.3 Å². The second kappa shape index (κ2) is 5.30. The topological polar surface area (TPSA) is 52.7 Å². The summed E-state index contributed by atoms with van der Waals surface area (Å²) >= 11 is 1.71. The first kappa shape index (κ1) is 12.6. The Morgan fingerprint density at radius 1 is 1.53 bits per heavy atom. The van der Waals surface area contributed by atoms with Gasteiger partial charge >= 0.3 is 6.03 Å². The second-order valence-corrected chi connectivity index (χ2v) is 6.03. The molecule has 0 unspecified atom stereocenters. The van der Waals surface area contributed by atoms with Crippen LogP contribution in [0.4, 0.5) is 4.79 Å². The predicted octanol–water partition coefficient (Wildman–Crippen LogP) is 1.26. The quantitative estimate of drug-likeness (QED) is 0.883. The normalized spacial score (nSPS) is 19.0. The van der Waals surface area contributed by atoms with Crippen molar-refractivity contribution >= 4 is 23.3 Å². The van der Waals surface area contributed by atoms with E-state index < -0.39 is 0 Å². The van der Waals surface area contributed by atoms with Crippen molar-refractivity contribution in [3.05, 3.63) is 22.4 Å². The van der Waals surface area contributed by atoms with Crippen molar-refractivity contribution in [2.45, 2.75) is 25.4 Å². The molecule has 1 aliphatic heterocycles. The second-order valence-electron chi connectivity index (χ2n) is 4.99. The van der Waals surface area contributed by atoms with Crippen molar-refractivity contribution in [1.82, 2.24) is 15.1 Å². The SMILES string of the molecule is O=C(CN(Cc1cccs1)C1CC1)N1CCNC1=O. The summed E-state index contributed by atoms with van der Waals surface area (Å²) in [6.45, 7) is 2.22. The standard InChI is InChI=1S/C13H17N3O2S/c17-12(16-6-5-14-13(16)18)9-15(10-3-4-10)8-11-2-1-7-19-11/h1-2,7,10H,3-6,8-9H2,(H,14,18). The highest BCUT2D eigenvalue weighted by molar-refractivity contribution is 7.09. The van der Waals surface area contributed by atoms with Gasteiger partial charge in [0.2, 0.25) is 5.91 Å². The summed E-state index contributed by atoms with van der Waals surface area (Å²) < 4.78 is 0. The first-order valence-electron chi connectivity index (χ1n) is 6.58. The summed E-state index contributed by atoms with van der Waals surface area (Å²) in [4.78, 5) is 28.4. The lowest BCUT2D eigenvalue weighted by Crippen LogP contribution is -2.42. The van der Waals surface area contributed by atoms with Crippen LogP contribution in [0.1, 0.15) is 17.7 Å². The van der Waals surface area contributed by atoms with E-state index in [0.717, 1.165) is 19.4 Å². The van der Waals surface area contributed by atoms with Gasteiger partial charge in [0.1, 0.15) is 0 Å². The van der Waals surface area contributed by atoms with Gasteiger partial charge in [0.15, 0.2) is 0 Å². The lowest BCUT2D eigenvalue weighted by atomic mass is 10.3. The summed E-state index contributed by atoms with van der Waals surface area (Å²) in [6.07, 6.45) is 2.32. The monoisotopic (exact) mass is 279 g/mol. The summed E-state index contributed by atoms with van der Waals surface area (Å²) in [6, 6.07) is 4.38. The fourth-order valence-corrected chi connectivity index (χ4v) is 3.05. The Morgan fingerprint density at radius 3 is 2.95 bits per heavy atom. The first-order valence-corrected chi connectivity index (χ1v) is 7.46. The molecule has 1 saturated heterocycles. The number of hydrogen-bond donors (Lipinski definition) is 1. The molecule has 0 radical (unpaired) electrons. The maximum Gasteiger partial charge on any atom is 0.324 e. The molecular formula is C13H17N3O2S. The van der Waals surface area contributed by atoms with Crippen molar-refractivity contribution in [2.24, 2.45) is 0 Å². The van der Waals surface area contributed by atoms with Gasteiger partial charge in [-0.2, -0.15) is 0 Å². The largest absolute Gasteiger partial charge is 0.336 e. The van der Waals surface area contributed by atoms with Crippen LogP contribution in [-0.2, 0) is 11.3 Å². The molecule has 3 rings (SSSR count). The van der Waals surface area contributed by atoms with E-state index in [1.165, 1.54) is 9.78 Å². The molecule has 1 aromatic heterocycles. The molecule has 3 amide bonds. The van der Waals surface area contributed by atoms with Gasteiger partial charge in [-0.05, 0) is 24.3 Å². The number of imide groups is 1. The molecule has 6 heteroatoms. The van der Waals surface area contributed by atoms with Gasteiger partial charge in [-0.25, -0.2) is 4.79 Å². The zero-order valence-electron chi connectivity index (χ0n) is 10.7. The molecule has 1 saturated carbocycles. The van der Waals surface area contributed by atoms with E-state index in [-0.39, 0.29) is 11.9 Å². The van der Waals surface area contributed by atoms with Gasteiger partial charge in [0.05, 0.1) is 6.54 Å². The van der Waals surface area contributed by atoms with E-state index in [0.29, 0.717) is 25.7 Å². The van der Waals surface area contributed by atoms with E-state index >= 15 is 0 Å². The molecule has 5 nitrogen and oxygen atoms in total. The molecule has 102 valence electrons. The summed E-state index contributed by atoms with van der Waals surface area (Å²) in [5, 5.41) is 4.72. The maximum atomic E-state index is 12.2. The Kier molecular flexibility index (Phi) is 3.52. The number of rotatable bonds is 5. The number of nitrogens with zero attached hydrogens (tertiary/aromatic N) is 2. The maximum absolute atomic E-state index is 12.2. The number of thiophene rings is 1. The molecule has 0 aromatic carbocycles. The summed E-state index contributed by atoms with van der Waals surface area (Å²) in [7, 11) is 0. The van der Waals surface area contributed by atoms with Crippen LogP contribution in [0, 0.1) is 0 Å². The average Bonchev–Trinajstić information content (AvgIpc) is 2.94. The summed E-state index contributed by atoms with van der Waals surface area (Å²) in [5.41, 5.74) is 0. The average molecular weight is 279 g/mol. The molecular weight excluding hydrogens is 262 g/mol.